The van der Waals surface area contributed by atoms with Crippen molar-refractivity contribution >= 4 is 11.3 Å². The van der Waals surface area contributed by atoms with E-state index in [1.807, 2.05) is 55.5 Å². The molecule has 1 nitrogen and oxygen atoms in total. The summed E-state index contributed by atoms with van der Waals surface area (Å²) in [5.74, 6) is 0. The van der Waals surface area contributed by atoms with Crippen LogP contribution in [-0.2, 0) is 0 Å². The van der Waals surface area contributed by atoms with Crippen molar-refractivity contribution in [2.24, 2.45) is 0 Å². The average molecular weight is 185 g/mol. The molecule has 0 unspecified atom stereocenters. The zero-order chi connectivity index (χ0) is 10.4. The standard InChI is InChI=1S/C13H15N/c1-3-4-5-8-11(2)12-9-6-7-10-13(12)14/h3-10H,2,14H2,1H3/b4-3-,8-5-. The van der Waals surface area contributed by atoms with Crippen LogP contribution in [0.4, 0.5) is 5.69 Å². The van der Waals surface area contributed by atoms with E-state index < -0.39 is 0 Å². The molecule has 0 aliphatic carbocycles. The van der Waals surface area contributed by atoms with E-state index in [4.69, 9.17) is 5.73 Å². The number of nitrogens with two attached hydrogens (primary N) is 1. The summed E-state index contributed by atoms with van der Waals surface area (Å²) in [6, 6.07) is 7.73. The molecule has 0 fully saturated rings. The first kappa shape index (κ1) is 10.3. The van der Waals surface area contributed by atoms with Gasteiger partial charge in [0.2, 0.25) is 0 Å². The summed E-state index contributed by atoms with van der Waals surface area (Å²) >= 11 is 0. The van der Waals surface area contributed by atoms with Crippen molar-refractivity contribution in [3.8, 4) is 0 Å². The number of anilines is 1. The number of hydrogen-bond acceptors (Lipinski definition) is 1. The van der Waals surface area contributed by atoms with Crippen LogP contribution >= 0.6 is 0 Å². The monoisotopic (exact) mass is 185 g/mol. The molecule has 1 aromatic carbocycles. The lowest BCUT2D eigenvalue weighted by atomic mass is 10.1. The molecule has 0 aromatic heterocycles. The van der Waals surface area contributed by atoms with Crippen molar-refractivity contribution in [1.29, 1.82) is 0 Å². The zero-order valence-corrected chi connectivity index (χ0v) is 8.40. The Morgan fingerprint density at radius 1 is 1.29 bits per heavy atom. The smallest absolute Gasteiger partial charge is 0.0393 e. The van der Waals surface area contributed by atoms with Gasteiger partial charge in [-0.15, -0.1) is 0 Å². The summed E-state index contributed by atoms with van der Waals surface area (Å²) in [4.78, 5) is 0. The van der Waals surface area contributed by atoms with E-state index in [0.717, 1.165) is 16.8 Å². The van der Waals surface area contributed by atoms with Gasteiger partial charge in [0.15, 0.2) is 0 Å². The van der Waals surface area contributed by atoms with E-state index in [2.05, 4.69) is 6.58 Å². The Morgan fingerprint density at radius 3 is 2.64 bits per heavy atom. The molecule has 0 atom stereocenters. The molecule has 1 aromatic rings. The van der Waals surface area contributed by atoms with Gasteiger partial charge in [0, 0.05) is 11.3 Å². The lowest BCUT2D eigenvalue weighted by molar-refractivity contribution is 1.61. The van der Waals surface area contributed by atoms with Crippen molar-refractivity contribution in [1.82, 2.24) is 0 Å². The third-order valence-electron chi connectivity index (χ3n) is 1.91. The summed E-state index contributed by atoms with van der Waals surface area (Å²) in [5.41, 5.74) is 8.50. The molecule has 0 saturated heterocycles. The molecule has 0 aliphatic heterocycles. The van der Waals surface area contributed by atoms with Gasteiger partial charge >= 0.3 is 0 Å². The number of allylic oxidation sites excluding steroid dienone is 5. The quantitative estimate of drug-likeness (QED) is 0.566. The molecule has 1 rings (SSSR count). The van der Waals surface area contributed by atoms with Crippen LogP contribution in [0.25, 0.3) is 5.57 Å². The van der Waals surface area contributed by atoms with Gasteiger partial charge in [0.1, 0.15) is 0 Å². The molecule has 0 aliphatic rings. The van der Waals surface area contributed by atoms with E-state index in [0.29, 0.717) is 0 Å². The predicted octanol–water partition coefficient (Wildman–Crippen LogP) is 3.41. The largest absolute Gasteiger partial charge is 0.398 e. The SMILES string of the molecule is C=C(/C=C\C=C/C)c1ccccc1N. The fourth-order valence-corrected chi connectivity index (χ4v) is 1.16. The van der Waals surface area contributed by atoms with Crippen molar-refractivity contribution in [2.45, 2.75) is 6.92 Å². The molecule has 0 radical (unpaired) electrons. The molecular formula is C13H15N. The Kier molecular flexibility index (Phi) is 3.74. The van der Waals surface area contributed by atoms with Gasteiger partial charge in [-0.2, -0.15) is 0 Å². The summed E-state index contributed by atoms with van der Waals surface area (Å²) in [6.07, 6.45) is 7.84. The van der Waals surface area contributed by atoms with E-state index in [1.165, 1.54) is 0 Å². The Labute approximate surface area is 85.3 Å². The fraction of sp³-hybridized carbons (Fsp3) is 0.0769. The van der Waals surface area contributed by atoms with Crippen LogP contribution in [0, 0.1) is 0 Å². The summed E-state index contributed by atoms with van der Waals surface area (Å²) in [7, 11) is 0. The third kappa shape index (κ3) is 2.63. The second-order valence-electron chi connectivity index (χ2n) is 3.00. The summed E-state index contributed by atoms with van der Waals surface area (Å²) < 4.78 is 0. The molecule has 0 spiro atoms. The molecule has 2 N–H and O–H groups in total. The minimum absolute atomic E-state index is 0.766. The van der Waals surface area contributed by atoms with E-state index in [-0.39, 0.29) is 0 Å². The van der Waals surface area contributed by atoms with Gasteiger partial charge in [0.25, 0.3) is 0 Å². The minimum atomic E-state index is 0.766. The van der Waals surface area contributed by atoms with Crippen molar-refractivity contribution in [3.05, 3.63) is 60.7 Å². The molecule has 72 valence electrons. The molecular weight excluding hydrogens is 170 g/mol. The van der Waals surface area contributed by atoms with Crippen molar-refractivity contribution < 1.29 is 0 Å². The predicted molar refractivity (Wildman–Crippen MR) is 63.8 cm³/mol. The molecule has 0 saturated carbocycles. The summed E-state index contributed by atoms with van der Waals surface area (Å²) in [5, 5.41) is 0. The number of hydrogen-bond donors (Lipinski definition) is 1. The first-order chi connectivity index (χ1) is 6.75. The Balaban J connectivity index is 2.85. The highest BCUT2D eigenvalue weighted by Crippen LogP contribution is 2.20. The van der Waals surface area contributed by atoms with Gasteiger partial charge < -0.3 is 5.73 Å². The Hall–Kier alpha value is -1.76. The van der Waals surface area contributed by atoms with Gasteiger partial charge in [-0.3, -0.25) is 0 Å². The first-order valence-electron chi connectivity index (χ1n) is 4.59. The topological polar surface area (TPSA) is 26.0 Å². The first-order valence-corrected chi connectivity index (χ1v) is 4.59. The zero-order valence-electron chi connectivity index (χ0n) is 8.40. The number of benzene rings is 1. The van der Waals surface area contributed by atoms with E-state index >= 15 is 0 Å². The maximum atomic E-state index is 5.81. The molecule has 0 heterocycles. The van der Waals surface area contributed by atoms with E-state index in [9.17, 15) is 0 Å². The maximum Gasteiger partial charge on any atom is 0.0393 e. The molecule has 1 heteroatoms. The van der Waals surface area contributed by atoms with Crippen LogP contribution < -0.4 is 5.73 Å². The molecule has 0 bridgehead atoms. The minimum Gasteiger partial charge on any atom is -0.398 e. The normalized spacial score (nSPS) is 11.2. The number of rotatable bonds is 3. The maximum absolute atomic E-state index is 5.81. The second-order valence-corrected chi connectivity index (χ2v) is 3.00. The van der Waals surface area contributed by atoms with Gasteiger partial charge in [-0.25, -0.2) is 0 Å². The lowest BCUT2D eigenvalue weighted by Crippen LogP contribution is -1.90. The highest BCUT2D eigenvalue weighted by atomic mass is 14.6. The fourth-order valence-electron chi connectivity index (χ4n) is 1.16. The Bertz CT molecular complexity index is 373. The van der Waals surface area contributed by atoms with Crippen LogP contribution in [0.3, 0.4) is 0 Å². The van der Waals surface area contributed by atoms with Gasteiger partial charge in [0.05, 0.1) is 0 Å². The van der Waals surface area contributed by atoms with Crippen LogP contribution in [0.2, 0.25) is 0 Å². The third-order valence-corrected chi connectivity index (χ3v) is 1.91. The number of nitrogen functional groups attached to an aromatic ring is 1. The number of para-hydroxylation sites is 1. The molecule has 14 heavy (non-hydrogen) atoms. The van der Waals surface area contributed by atoms with Crippen LogP contribution in [-0.4, -0.2) is 0 Å². The second kappa shape index (κ2) is 5.07. The highest BCUT2D eigenvalue weighted by Gasteiger charge is 1.97. The van der Waals surface area contributed by atoms with Crippen LogP contribution in [0.5, 0.6) is 0 Å². The molecule has 0 amide bonds. The van der Waals surface area contributed by atoms with Crippen LogP contribution in [0.15, 0.2) is 55.1 Å². The lowest BCUT2D eigenvalue weighted by Gasteiger charge is -2.03. The highest BCUT2D eigenvalue weighted by molar-refractivity contribution is 5.79. The van der Waals surface area contributed by atoms with Crippen molar-refractivity contribution in [3.63, 3.8) is 0 Å². The van der Waals surface area contributed by atoms with Gasteiger partial charge in [-0.1, -0.05) is 49.1 Å². The summed E-state index contributed by atoms with van der Waals surface area (Å²) in [6.45, 7) is 5.93. The van der Waals surface area contributed by atoms with Crippen molar-refractivity contribution in [2.75, 3.05) is 5.73 Å². The average Bonchev–Trinajstić information content (AvgIpc) is 2.18. The Morgan fingerprint density at radius 2 is 2.00 bits per heavy atom. The van der Waals surface area contributed by atoms with Crippen LogP contribution in [0.1, 0.15) is 12.5 Å². The van der Waals surface area contributed by atoms with E-state index in [1.54, 1.807) is 0 Å². The van der Waals surface area contributed by atoms with Gasteiger partial charge in [-0.05, 0) is 18.6 Å².